The van der Waals surface area contributed by atoms with Crippen LogP contribution in [0.5, 0.6) is 0 Å². The Kier molecular flexibility index (Phi) is 1.92. The van der Waals surface area contributed by atoms with Crippen molar-refractivity contribution in [3.8, 4) is 0 Å². The summed E-state index contributed by atoms with van der Waals surface area (Å²) in [6, 6.07) is 0. The first-order valence-corrected chi connectivity index (χ1v) is 4.48. The SMILES string of the molecule is Cn1ncc(C2(O)C=CCCC2)n1. The Bertz CT molecular complexity index is 331. The minimum absolute atomic E-state index is 0.644. The molecule has 1 atom stereocenters. The van der Waals surface area contributed by atoms with Crippen molar-refractivity contribution >= 4 is 0 Å². The summed E-state index contributed by atoms with van der Waals surface area (Å²) < 4.78 is 0. The highest BCUT2D eigenvalue weighted by Gasteiger charge is 2.30. The number of allylic oxidation sites excluding steroid dienone is 1. The van der Waals surface area contributed by atoms with E-state index in [2.05, 4.69) is 10.2 Å². The van der Waals surface area contributed by atoms with Crippen molar-refractivity contribution in [2.45, 2.75) is 24.9 Å². The van der Waals surface area contributed by atoms with Crippen molar-refractivity contribution < 1.29 is 5.11 Å². The third kappa shape index (κ3) is 1.49. The van der Waals surface area contributed by atoms with Gasteiger partial charge in [0.15, 0.2) is 0 Å². The minimum Gasteiger partial charge on any atom is -0.379 e. The van der Waals surface area contributed by atoms with Crippen LogP contribution in [0.1, 0.15) is 25.0 Å². The maximum atomic E-state index is 10.2. The third-order valence-electron chi connectivity index (χ3n) is 2.37. The lowest BCUT2D eigenvalue weighted by Crippen LogP contribution is -2.25. The molecule has 0 aliphatic heterocycles. The number of aromatic nitrogens is 3. The van der Waals surface area contributed by atoms with Gasteiger partial charge < -0.3 is 5.11 Å². The second kappa shape index (κ2) is 2.96. The van der Waals surface area contributed by atoms with Gasteiger partial charge in [0.2, 0.25) is 0 Å². The van der Waals surface area contributed by atoms with Gasteiger partial charge in [-0.05, 0) is 19.3 Å². The summed E-state index contributed by atoms with van der Waals surface area (Å²) in [7, 11) is 1.75. The first-order chi connectivity index (χ1) is 6.21. The highest BCUT2D eigenvalue weighted by atomic mass is 16.3. The summed E-state index contributed by atoms with van der Waals surface area (Å²) in [6.07, 6.45) is 8.22. The third-order valence-corrected chi connectivity index (χ3v) is 2.37. The number of rotatable bonds is 1. The van der Waals surface area contributed by atoms with Gasteiger partial charge in [-0.15, -0.1) is 0 Å². The van der Waals surface area contributed by atoms with Crippen LogP contribution in [0.2, 0.25) is 0 Å². The summed E-state index contributed by atoms with van der Waals surface area (Å²) in [4.78, 5) is 1.47. The maximum Gasteiger partial charge on any atom is 0.128 e. The van der Waals surface area contributed by atoms with Crippen LogP contribution in [0.4, 0.5) is 0 Å². The molecule has 0 saturated heterocycles. The van der Waals surface area contributed by atoms with Crippen LogP contribution in [0.25, 0.3) is 0 Å². The molecule has 0 spiro atoms. The van der Waals surface area contributed by atoms with Crippen LogP contribution in [-0.2, 0) is 12.6 Å². The number of nitrogens with zero attached hydrogens (tertiary/aromatic N) is 3. The van der Waals surface area contributed by atoms with E-state index in [0.717, 1.165) is 19.3 Å². The predicted octanol–water partition coefficient (Wildman–Crippen LogP) is 0.743. The summed E-state index contributed by atoms with van der Waals surface area (Å²) in [5, 5.41) is 18.2. The fourth-order valence-electron chi connectivity index (χ4n) is 1.61. The van der Waals surface area contributed by atoms with Gasteiger partial charge in [0.05, 0.1) is 6.20 Å². The van der Waals surface area contributed by atoms with Gasteiger partial charge in [0, 0.05) is 7.05 Å². The quantitative estimate of drug-likeness (QED) is 0.647. The summed E-state index contributed by atoms with van der Waals surface area (Å²) in [5.74, 6) is 0. The molecule has 1 aromatic heterocycles. The Balaban J connectivity index is 2.33. The molecule has 0 amide bonds. The van der Waals surface area contributed by atoms with E-state index in [1.165, 1.54) is 4.80 Å². The van der Waals surface area contributed by atoms with E-state index in [0.29, 0.717) is 5.69 Å². The molecular weight excluding hydrogens is 166 g/mol. The summed E-state index contributed by atoms with van der Waals surface area (Å²) in [6.45, 7) is 0. The second-order valence-electron chi connectivity index (χ2n) is 3.44. The lowest BCUT2D eigenvalue weighted by atomic mass is 9.89. The normalized spacial score (nSPS) is 27.8. The molecule has 4 heteroatoms. The fourth-order valence-corrected chi connectivity index (χ4v) is 1.61. The number of hydrogen-bond acceptors (Lipinski definition) is 3. The highest BCUT2D eigenvalue weighted by Crippen LogP contribution is 2.30. The standard InChI is InChI=1S/C9H13N3O/c1-12-10-7-8(11-12)9(13)5-3-2-4-6-9/h3,5,7,13H,2,4,6H2,1H3. The molecule has 0 saturated carbocycles. The average molecular weight is 179 g/mol. The van der Waals surface area contributed by atoms with Crippen molar-refractivity contribution in [1.82, 2.24) is 15.0 Å². The Morgan fingerprint density at radius 3 is 3.00 bits per heavy atom. The lowest BCUT2D eigenvalue weighted by molar-refractivity contribution is 0.0675. The molecule has 0 fully saturated rings. The molecule has 1 heterocycles. The van der Waals surface area contributed by atoms with Crippen molar-refractivity contribution in [2.24, 2.45) is 7.05 Å². The molecular formula is C9H13N3O. The number of hydrogen-bond donors (Lipinski definition) is 1. The van der Waals surface area contributed by atoms with Gasteiger partial charge in [-0.3, -0.25) is 0 Å². The molecule has 13 heavy (non-hydrogen) atoms. The van der Waals surface area contributed by atoms with E-state index in [1.807, 2.05) is 12.2 Å². The first-order valence-electron chi connectivity index (χ1n) is 4.48. The minimum atomic E-state index is -0.882. The molecule has 0 aromatic carbocycles. The zero-order chi connectivity index (χ0) is 9.31. The molecule has 1 unspecified atom stereocenters. The van der Waals surface area contributed by atoms with Crippen LogP contribution in [0, 0.1) is 0 Å². The average Bonchev–Trinajstić information content (AvgIpc) is 2.54. The molecule has 1 N–H and O–H groups in total. The van der Waals surface area contributed by atoms with Crippen molar-refractivity contribution in [2.75, 3.05) is 0 Å². The van der Waals surface area contributed by atoms with Crippen molar-refractivity contribution in [3.63, 3.8) is 0 Å². The van der Waals surface area contributed by atoms with Gasteiger partial charge in [-0.2, -0.15) is 15.0 Å². The molecule has 2 rings (SSSR count). The molecule has 1 aliphatic carbocycles. The largest absolute Gasteiger partial charge is 0.379 e. The van der Waals surface area contributed by atoms with E-state index >= 15 is 0 Å². The molecule has 0 radical (unpaired) electrons. The van der Waals surface area contributed by atoms with Crippen LogP contribution in [0.3, 0.4) is 0 Å². The van der Waals surface area contributed by atoms with E-state index in [-0.39, 0.29) is 0 Å². The smallest absolute Gasteiger partial charge is 0.128 e. The van der Waals surface area contributed by atoms with E-state index in [1.54, 1.807) is 13.2 Å². The Labute approximate surface area is 76.9 Å². The first kappa shape index (κ1) is 8.44. The zero-order valence-electron chi connectivity index (χ0n) is 7.64. The van der Waals surface area contributed by atoms with Crippen LogP contribution in [0.15, 0.2) is 18.3 Å². The highest BCUT2D eigenvalue weighted by molar-refractivity contribution is 5.18. The predicted molar refractivity (Wildman–Crippen MR) is 47.9 cm³/mol. The topological polar surface area (TPSA) is 50.9 Å². The van der Waals surface area contributed by atoms with E-state index in [4.69, 9.17) is 0 Å². The van der Waals surface area contributed by atoms with Gasteiger partial charge >= 0.3 is 0 Å². The molecule has 1 aromatic rings. The lowest BCUT2D eigenvalue weighted by Gasteiger charge is -2.24. The Morgan fingerprint density at radius 2 is 2.46 bits per heavy atom. The Hall–Kier alpha value is -1.16. The van der Waals surface area contributed by atoms with E-state index in [9.17, 15) is 5.11 Å². The van der Waals surface area contributed by atoms with Crippen LogP contribution in [-0.4, -0.2) is 20.1 Å². The molecule has 1 aliphatic rings. The van der Waals surface area contributed by atoms with Crippen LogP contribution < -0.4 is 0 Å². The number of aryl methyl sites for hydroxylation is 1. The maximum absolute atomic E-state index is 10.2. The second-order valence-corrected chi connectivity index (χ2v) is 3.44. The number of aliphatic hydroxyl groups is 1. The monoisotopic (exact) mass is 179 g/mol. The van der Waals surface area contributed by atoms with Gasteiger partial charge in [0.25, 0.3) is 0 Å². The summed E-state index contributed by atoms with van der Waals surface area (Å²) in [5.41, 5.74) is -0.238. The van der Waals surface area contributed by atoms with Crippen LogP contribution >= 0.6 is 0 Å². The van der Waals surface area contributed by atoms with Gasteiger partial charge in [0.1, 0.15) is 11.3 Å². The van der Waals surface area contributed by atoms with Crippen molar-refractivity contribution in [3.05, 3.63) is 24.0 Å². The fraction of sp³-hybridized carbons (Fsp3) is 0.556. The van der Waals surface area contributed by atoms with Gasteiger partial charge in [-0.1, -0.05) is 12.2 Å². The van der Waals surface area contributed by atoms with E-state index < -0.39 is 5.60 Å². The Morgan fingerprint density at radius 1 is 1.62 bits per heavy atom. The molecule has 4 nitrogen and oxygen atoms in total. The molecule has 70 valence electrons. The zero-order valence-corrected chi connectivity index (χ0v) is 7.64. The van der Waals surface area contributed by atoms with Crippen molar-refractivity contribution in [1.29, 1.82) is 0 Å². The summed E-state index contributed by atoms with van der Waals surface area (Å²) >= 11 is 0. The van der Waals surface area contributed by atoms with Gasteiger partial charge in [-0.25, -0.2) is 0 Å². The molecule has 0 bridgehead atoms.